The lowest BCUT2D eigenvalue weighted by Gasteiger charge is -2.11. The van der Waals surface area contributed by atoms with Gasteiger partial charge in [0.25, 0.3) is 0 Å². The predicted octanol–water partition coefficient (Wildman–Crippen LogP) is 1.72. The van der Waals surface area contributed by atoms with Crippen LogP contribution in [0.15, 0.2) is 12.1 Å². The average Bonchev–Trinajstić information content (AvgIpc) is 2.26. The van der Waals surface area contributed by atoms with Crippen LogP contribution in [0.5, 0.6) is 11.5 Å². The highest BCUT2D eigenvalue weighted by Gasteiger charge is 2.15. The molecular weight excluding hydrogens is 196 g/mol. The molecule has 4 heteroatoms. The van der Waals surface area contributed by atoms with Crippen LogP contribution in [0.2, 0.25) is 0 Å². The topological polar surface area (TPSA) is 52.6 Å². The third-order valence-corrected chi connectivity index (χ3v) is 2.02. The number of methoxy groups -OCH3 is 2. The third-order valence-electron chi connectivity index (χ3n) is 2.02. The number of benzene rings is 1. The first kappa shape index (κ1) is 11.2. The van der Waals surface area contributed by atoms with Gasteiger partial charge >= 0.3 is 0 Å². The summed E-state index contributed by atoms with van der Waals surface area (Å²) in [5, 5.41) is 0. The first-order valence-corrected chi connectivity index (χ1v) is 4.36. The van der Waals surface area contributed by atoms with Gasteiger partial charge in [0.05, 0.1) is 19.8 Å². The second-order valence-electron chi connectivity index (χ2n) is 2.98. The molecular formula is C11H12O4. The minimum Gasteiger partial charge on any atom is -0.493 e. The van der Waals surface area contributed by atoms with Crippen LogP contribution >= 0.6 is 0 Å². The monoisotopic (exact) mass is 208 g/mol. The molecule has 4 nitrogen and oxygen atoms in total. The van der Waals surface area contributed by atoms with Gasteiger partial charge in [-0.15, -0.1) is 0 Å². The number of ketones is 1. The highest BCUT2D eigenvalue weighted by Crippen LogP contribution is 2.32. The van der Waals surface area contributed by atoms with Gasteiger partial charge in [0.2, 0.25) is 0 Å². The molecule has 0 aliphatic carbocycles. The molecule has 15 heavy (non-hydrogen) atoms. The van der Waals surface area contributed by atoms with Crippen molar-refractivity contribution in [3.8, 4) is 11.5 Å². The molecule has 80 valence electrons. The van der Waals surface area contributed by atoms with E-state index in [4.69, 9.17) is 9.47 Å². The van der Waals surface area contributed by atoms with Crippen LogP contribution in [0.1, 0.15) is 27.6 Å². The molecule has 0 bridgehead atoms. The van der Waals surface area contributed by atoms with Crippen LogP contribution in [-0.2, 0) is 0 Å². The summed E-state index contributed by atoms with van der Waals surface area (Å²) in [6.07, 6.45) is 0.661. The van der Waals surface area contributed by atoms with Crippen molar-refractivity contribution in [1.82, 2.24) is 0 Å². The van der Waals surface area contributed by atoms with Crippen molar-refractivity contribution in [3.05, 3.63) is 23.3 Å². The number of carbonyl (C=O) groups excluding carboxylic acids is 2. The van der Waals surface area contributed by atoms with Gasteiger partial charge in [-0.05, 0) is 19.1 Å². The van der Waals surface area contributed by atoms with E-state index in [0.29, 0.717) is 28.9 Å². The Hall–Kier alpha value is -1.84. The SMILES string of the molecule is COc1cc(C=O)cc(C(C)=O)c1OC. The molecule has 1 aromatic rings. The summed E-state index contributed by atoms with van der Waals surface area (Å²) in [6.45, 7) is 1.41. The molecule has 0 aliphatic rings. The van der Waals surface area contributed by atoms with Gasteiger partial charge in [-0.1, -0.05) is 0 Å². The fraction of sp³-hybridized carbons (Fsp3) is 0.273. The zero-order valence-corrected chi connectivity index (χ0v) is 8.87. The zero-order valence-electron chi connectivity index (χ0n) is 8.87. The summed E-state index contributed by atoms with van der Waals surface area (Å²) in [4.78, 5) is 22.0. The third kappa shape index (κ3) is 2.15. The van der Waals surface area contributed by atoms with E-state index in [2.05, 4.69) is 0 Å². The van der Waals surface area contributed by atoms with Gasteiger partial charge < -0.3 is 9.47 Å². The molecule has 0 atom stereocenters. The maximum Gasteiger partial charge on any atom is 0.171 e. The van der Waals surface area contributed by atoms with E-state index in [9.17, 15) is 9.59 Å². The van der Waals surface area contributed by atoms with Crippen LogP contribution in [-0.4, -0.2) is 26.3 Å². The van der Waals surface area contributed by atoms with Crippen molar-refractivity contribution in [2.45, 2.75) is 6.92 Å². The smallest absolute Gasteiger partial charge is 0.171 e. The standard InChI is InChI=1S/C11H12O4/c1-7(13)9-4-8(6-12)5-10(14-2)11(9)15-3/h4-6H,1-3H3. The maximum atomic E-state index is 11.3. The quantitative estimate of drug-likeness (QED) is 0.558. The van der Waals surface area contributed by atoms with Gasteiger partial charge in [-0.3, -0.25) is 9.59 Å². The normalized spacial score (nSPS) is 9.53. The van der Waals surface area contributed by atoms with Crippen molar-refractivity contribution in [3.63, 3.8) is 0 Å². The molecule has 0 saturated carbocycles. The predicted molar refractivity (Wildman–Crippen MR) is 54.9 cm³/mol. The lowest BCUT2D eigenvalue weighted by atomic mass is 10.1. The second kappa shape index (κ2) is 4.59. The Bertz CT molecular complexity index is 396. The van der Waals surface area contributed by atoms with Crippen molar-refractivity contribution in [1.29, 1.82) is 0 Å². The molecule has 0 N–H and O–H groups in total. The van der Waals surface area contributed by atoms with E-state index in [-0.39, 0.29) is 5.78 Å². The molecule has 0 aromatic heterocycles. The average molecular weight is 208 g/mol. The van der Waals surface area contributed by atoms with Gasteiger partial charge in [0.15, 0.2) is 17.3 Å². The molecule has 0 radical (unpaired) electrons. The van der Waals surface area contributed by atoms with Gasteiger partial charge in [0, 0.05) is 5.56 Å². The Morgan fingerprint density at radius 3 is 2.33 bits per heavy atom. The van der Waals surface area contributed by atoms with Crippen LogP contribution in [0.4, 0.5) is 0 Å². The molecule has 0 unspecified atom stereocenters. The van der Waals surface area contributed by atoms with E-state index in [1.807, 2.05) is 0 Å². The van der Waals surface area contributed by atoms with Crippen molar-refractivity contribution in [2.75, 3.05) is 14.2 Å². The Kier molecular flexibility index (Phi) is 3.44. The summed E-state index contributed by atoms with van der Waals surface area (Å²) >= 11 is 0. The lowest BCUT2D eigenvalue weighted by Crippen LogP contribution is -2.01. The van der Waals surface area contributed by atoms with Gasteiger partial charge in [-0.25, -0.2) is 0 Å². The molecule has 0 amide bonds. The van der Waals surface area contributed by atoms with Crippen LogP contribution in [0, 0.1) is 0 Å². The fourth-order valence-electron chi connectivity index (χ4n) is 1.32. The summed E-state index contributed by atoms with van der Waals surface area (Å²) in [7, 11) is 2.90. The molecule has 0 fully saturated rings. The van der Waals surface area contributed by atoms with Crippen LogP contribution in [0.3, 0.4) is 0 Å². The number of ether oxygens (including phenoxy) is 2. The molecule has 0 heterocycles. The molecule has 1 aromatic carbocycles. The van der Waals surface area contributed by atoms with E-state index in [1.54, 1.807) is 0 Å². The van der Waals surface area contributed by atoms with E-state index in [1.165, 1.54) is 33.3 Å². The maximum absolute atomic E-state index is 11.3. The number of carbonyl (C=O) groups is 2. The number of hydrogen-bond acceptors (Lipinski definition) is 4. The highest BCUT2D eigenvalue weighted by molar-refractivity contribution is 5.99. The summed E-state index contributed by atoms with van der Waals surface area (Å²) in [5.74, 6) is 0.566. The van der Waals surface area contributed by atoms with E-state index < -0.39 is 0 Å². The van der Waals surface area contributed by atoms with Crippen molar-refractivity contribution < 1.29 is 19.1 Å². The second-order valence-corrected chi connectivity index (χ2v) is 2.98. The molecule has 0 aliphatic heterocycles. The summed E-state index contributed by atoms with van der Waals surface area (Å²) < 4.78 is 10.1. The largest absolute Gasteiger partial charge is 0.493 e. The molecule has 0 saturated heterocycles. The van der Waals surface area contributed by atoms with Gasteiger partial charge in [-0.2, -0.15) is 0 Å². The van der Waals surface area contributed by atoms with E-state index in [0.717, 1.165) is 0 Å². The first-order valence-electron chi connectivity index (χ1n) is 4.36. The zero-order chi connectivity index (χ0) is 11.4. The van der Waals surface area contributed by atoms with Crippen molar-refractivity contribution in [2.24, 2.45) is 0 Å². The minimum atomic E-state index is -0.172. The lowest BCUT2D eigenvalue weighted by molar-refractivity contribution is 0.101. The summed E-state index contributed by atoms with van der Waals surface area (Å²) in [5.41, 5.74) is 0.733. The Labute approximate surface area is 87.8 Å². The summed E-state index contributed by atoms with van der Waals surface area (Å²) in [6, 6.07) is 3.01. The van der Waals surface area contributed by atoms with Crippen molar-refractivity contribution >= 4 is 12.1 Å². The number of Topliss-reactive ketones (excluding diaryl/α,β-unsaturated/α-hetero) is 1. The molecule has 0 spiro atoms. The Balaban J connectivity index is 3.45. The minimum absolute atomic E-state index is 0.172. The van der Waals surface area contributed by atoms with Crippen LogP contribution in [0.25, 0.3) is 0 Å². The van der Waals surface area contributed by atoms with Crippen LogP contribution < -0.4 is 9.47 Å². The number of rotatable bonds is 4. The Morgan fingerprint density at radius 2 is 1.93 bits per heavy atom. The number of hydrogen-bond donors (Lipinski definition) is 0. The Morgan fingerprint density at radius 1 is 1.27 bits per heavy atom. The fourth-order valence-corrected chi connectivity index (χ4v) is 1.32. The first-order chi connectivity index (χ1) is 7.13. The molecule has 1 rings (SSSR count). The highest BCUT2D eigenvalue weighted by atomic mass is 16.5. The number of aldehydes is 1. The van der Waals surface area contributed by atoms with Gasteiger partial charge in [0.1, 0.15) is 6.29 Å². The van der Waals surface area contributed by atoms with E-state index >= 15 is 0 Å².